The van der Waals surface area contributed by atoms with Gasteiger partial charge >= 0.3 is 0 Å². The lowest BCUT2D eigenvalue weighted by atomic mass is 10.1. The monoisotopic (exact) mass is 267 g/mol. The van der Waals surface area contributed by atoms with Gasteiger partial charge in [0.1, 0.15) is 18.5 Å². The quantitative estimate of drug-likeness (QED) is 0.666. The molecule has 0 bridgehead atoms. The van der Waals surface area contributed by atoms with Gasteiger partial charge in [-0.1, -0.05) is 19.1 Å². The number of aryl methyl sites for hydroxylation is 2. The van der Waals surface area contributed by atoms with Crippen molar-refractivity contribution in [3.05, 3.63) is 29.3 Å². The molecule has 0 amide bonds. The summed E-state index contributed by atoms with van der Waals surface area (Å²) in [5.41, 5.74) is 2.20. The highest BCUT2D eigenvalue weighted by atomic mass is 16.5. The number of aliphatic hydroxyl groups is 2. The Morgan fingerprint density at radius 3 is 2.68 bits per heavy atom. The molecule has 1 aromatic rings. The highest BCUT2D eigenvalue weighted by Crippen LogP contribution is 2.19. The third kappa shape index (κ3) is 5.59. The molecule has 4 nitrogen and oxygen atoms in total. The van der Waals surface area contributed by atoms with Crippen LogP contribution < -0.4 is 10.1 Å². The van der Waals surface area contributed by atoms with Crippen LogP contribution in [-0.4, -0.2) is 42.1 Å². The first-order valence-electron chi connectivity index (χ1n) is 6.79. The Morgan fingerprint density at radius 2 is 2.05 bits per heavy atom. The first-order chi connectivity index (χ1) is 9.06. The fourth-order valence-corrected chi connectivity index (χ4v) is 1.75. The van der Waals surface area contributed by atoms with Gasteiger partial charge in [0.05, 0.1) is 6.61 Å². The normalized spacial score (nSPS) is 14.2. The van der Waals surface area contributed by atoms with Crippen LogP contribution in [0.1, 0.15) is 24.5 Å². The summed E-state index contributed by atoms with van der Waals surface area (Å²) in [5, 5.41) is 22.0. The van der Waals surface area contributed by atoms with Crippen LogP contribution in [-0.2, 0) is 0 Å². The summed E-state index contributed by atoms with van der Waals surface area (Å²) in [6.45, 7) is 6.74. The summed E-state index contributed by atoms with van der Waals surface area (Å²) in [6.07, 6.45) is 0.252. The predicted molar refractivity (Wildman–Crippen MR) is 76.6 cm³/mol. The highest BCUT2D eigenvalue weighted by Gasteiger charge is 2.10. The maximum absolute atomic E-state index is 9.84. The van der Waals surface area contributed by atoms with Gasteiger partial charge < -0.3 is 20.3 Å². The smallest absolute Gasteiger partial charge is 0.122 e. The molecule has 0 heterocycles. The highest BCUT2D eigenvalue weighted by molar-refractivity contribution is 5.35. The molecule has 0 fully saturated rings. The molecular weight excluding hydrogens is 242 g/mol. The van der Waals surface area contributed by atoms with Crippen molar-refractivity contribution in [1.29, 1.82) is 0 Å². The Balaban J connectivity index is 2.37. The van der Waals surface area contributed by atoms with E-state index in [1.807, 2.05) is 39.0 Å². The van der Waals surface area contributed by atoms with Crippen LogP contribution in [0.15, 0.2) is 18.2 Å². The van der Waals surface area contributed by atoms with Gasteiger partial charge in [-0.25, -0.2) is 0 Å². The van der Waals surface area contributed by atoms with Crippen LogP contribution >= 0.6 is 0 Å². The molecule has 0 spiro atoms. The number of aliphatic hydroxyl groups excluding tert-OH is 2. The van der Waals surface area contributed by atoms with E-state index in [0.717, 1.165) is 23.3 Å². The molecular formula is C15H25NO3. The summed E-state index contributed by atoms with van der Waals surface area (Å²) in [4.78, 5) is 0. The zero-order valence-corrected chi connectivity index (χ0v) is 12.0. The van der Waals surface area contributed by atoms with Crippen molar-refractivity contribution in [2.45, 2.75) is 39.3 Å². The molecule has 0 aliphatic carbocycles. The fraction of sp³-hybridized carbons (Fsp3) is 0.600. The summed E-state index contributed by atoms with van der Waals surface area (Å²) in [5.74, 6) is 0.813. The van der Waals surface area contributed by atoms with E-state index < -0.39 is 6.10 Å². The molecule has 2 atom stereocenters. The van der Waals surface area contributed by atoms with Gasteiger partial charge in [-0.2, -0.15) is 0 Å². The van der Waals surface area contributed by atoms with Gasteiger partial charge in [0, 0.05) is 12.6 Å². The lowest BCUT2D eigenvalue weighted by Gasteiger charge is -2.18. The molecule has 0 saturated heterocycles. The number of hydrogen-bond acceptors (Lipinski definition) is 4. The minimum atomic E-state index is -0.583. The van der Waals surface area contributed by atoms with Crippen molar-refractivity contribution in [2.24, 2.45) is 0 Å². The van der Waals surface area contributed by atoms with E-state index in [2.05, 4.69) is 5.32 Å². The van der Waals surface area contributed by atoms with Gasteiger partial charge in [-0.05, 0) is 37.5 Å². The zero-order valence-electron chi connectivity index (χ0n) is 12.0. The molecule has 0 unspecified atom stereocenters. The van der Waals surface area contributed by atoms with Gasteiger partial charge in [0.2, 0.25) is 0 Å². The third-order valence-corrected chi connectivity index (χ3v) is 3.13. The lowest BCUT2D eigenvalue weighted by molar-refractivity contribution is 0.0991. The largest absolute Gasteiger partial charge is 0.491 e. The number of nitrogens with one attached hydrogen (secondary N) is 1. The first-order valence-corrected chi connectivity index (χ1v) is 6.79. The molecule has 4 heteroatoms. The molecule has 0 aliphatic heterocycles. The predicted octanol–water partition coefficient (Wildman–Crippen LogP) is 1.40. The third-order valence-electron chi connectivity index (χ3n) is 3.13. The second kappa shape index (κ2) is 8.15. The van der Waals surface area contributed by atoms with E-state index in [0.29, 0.717) is 6.54 Å². The maximum atomic E-state index is 9.84. The van der Waals surface area contributed by atoms with Crippen LogP contribution in [0, 0.1) is 13.8 Å². The van der Waals surface area contributed by atoms with E-state index in [-0.39, 0.29) is 19.3 Å². The zero-order chi connectivity index (χ0) is 14.3. The molecule has 0 aromatic heterocycles. The Bertz CT molecular complexity index is 378. The molecule has 1 aromatic carbocycles. The number of benzene rings is 1. The van der Waals surface area contributed by atoms with E-state index in [4.69, 9.17) is 9.84 Å². The molecule has 3 N–H and O–H groups in total. The molecule has 0 saturated carbocycles. The van der Waals surface area contributed by atoms with E-state index >= 15 is 0 Å². The number of rotatable bonds is 8. The Kier molecular flexibility index (Phi) is 6.84. The second-order valence-corrected chi connectivity index (χ2v) is 4.93. The Labute approximate surface area is 115 Å². The van der Waals surface area contributed by atoms with Crippen LogP contribution in [0.4, 0.5) is 0 Å². The summed E-state index contributed by atoms with van der Waals surface area (Å²) in [6, 6.07) is 6.05. The van der Waals surface area contributed by atoms with Crippen molar-refractivity contribution in [1.82, 2.24) is 5.32 Å². The van der Waals surface area contributed by atoms with Gasteiger partial charge in [0.25, 0.3) is 0 Å². The van der Waals surface area contributed by atoms with Crippen molar-refractivity contribution in [2.75, 3.05) is 19.8 Å². The lowest BCUT2D eigenvalue weighted by Crippen LogP contribution is -2.39. The topological polar surface area (TPSA) is 61.7 Å². The fourth-order valence-electron chi connectivity index (χ4n) is 1.75. The van der Waals surface area contributed by atoms with Crippen LogP contribution in [0.5, 0.6) is 5.75 Å². The van der Waals surface area contributed by atoms with Crippen LogP contribution in [0.25, 0.3) is 0 Å². The molecule has 19 heavy (non-hydrogen) atoms. The van der Waals surface area contributed by atoms with E-state index in [9.17, 15) is 5.11 Å². The average molecular weight is 267 g/mol. The minimum absolute atomic E-state index is 0.0374. The van der Waals surface area contributed by atoms with Crippen LogP contribution in [0.2, 0.25) is 0 Å². The standard InChI is InChI=1S/C15H25NO3/c1-4-13(9-17)16-8-14(18)10-19-15-7-11(2)5-6-12(15)3/h5-7,13-14,16-18H,4,8-10H2,1-3H3/t13-,14-/m0/s1. The molecule has 108 valence electrons. The van der Waals surface area contributed by atoms with E-state index in [1.165, 1.54) is 0 Å². The second-order valence-electron chi connectivity index (χ2n) is 4.93. The van der Waals surface area contributed by atoms with Gasteiger partial charge in [0.15, 0.2) is 0 Å². The molecule has 1 rings (SSSR count). The SMILES string of the molecule is CC[C@@H](CO)NC[C@H](O)COc1cc(C)ccc1C. The Morgan fingerprint density at radius 1 is 1.32 bits per heavy atom. The van der Waals surface area contributed by atoms with Gasteiger partial charge in [-0.3, -0.25) is 0 Å². The summed E-state index contributed by atoms with van der Waals surface area (Å²) < 4.78 is 5.63. The van der Waals surface area contributed by atoms with Crippen molar-refractivity contribution < 1.29 is 14.9 Å². The average Bonchev–Trinajstić information content (AvgIpc) is 2.41. The number of hydrogen-bond donors (Lipinski definition) is 3. The summed E-state index contributed by atoms with van der Waals surface area (Å²) >= 11 is 0. The molecule has 0 radical (unpaired) electrons. The van der Waals surface area contributed by atoms with Crippen LogP contribution in [0.3, 0.4) is 0 Å². The van der Waals surface area contributed by atoms with Crippen molar-refractivity contribution >= 4 is 0 Å². The van der Waals surface area contributed by atoms with Crippen molar-refractivity contribution in [3.8, 4) is 5.75 Å². The van der Waals surface area contributed by atoms with E-state index in [1.54, 1.807) is 0 Å². The molecule has 0 aliphatic rings. The maximum Gasteiger partial charge on any atom is 0.122 e. The first kappa shape index (κ1) is 16.0. The van der Waals surface area contributed by atoms with Gasteiger partial charge in [-0.15, -0.1) is 0 Å². The number of ether oxygens (including phenoxy) is 1. The summed E-state index contributed by atoms with van der Waals surface area (Å²) in [7, 11) is 0. The Hall–Kier alpha value is -1.10. The minimum Gasteiger partial charge on any atom is -0.491 e. The van der Waals surface area contributed by atoms with Crippen molar-refractivity contribution in [3.63, 3.8) is 0 Å².